The SMILES string of the molecule is O=[N+]([O-])c1ccc(-c2ccnc3nc4ccccc4n23)cc1. The molecule has 2 heterocycles. The van der Waals surface area contributed by atoms with E-state index in [4.69, 9.17) is 0 Å². The third-order valence-corrected chi connectivity index (χ3v) is 3.58. The van der Waals surface area contributed by atoms with E-state index in [2.05, 4.69) is 9.97 Å². The van der Waals surface area contributed by atoms with E-state index in [1.807, 2.05) is 34.7 Å². The predicted molar refractivity (Wildman–Crippen MR) is 82.6 cm³/mol. The van der Waals surface area contributed by atoms with Crippen LogP contribution in [0.5, 0.6) is 0 Å². The van der Waals surface area contributed by atoms with E-state index < -0.39 is 4.92 Å². The molecule has 0 aliphatic heterocycles. The van der Waals surface area contributed by atoms with Gasteiger partial charge in [-0.25, -0.2) is 9.97 Å². The van der Waals surface area contributed by atoms with Gasteiger partial charge in [0.1, 0.15) is 0 Å². The first-order chi connectivity index (χ1) is 10.7. The van der Waals surface area contributed by atoms with Gasteiger partial charge in [-0.1, -0.05) is 12.1 Å². The lowest BCUT2D eigenvalue weighted by Crippen LogP contribution is -1.94. The van der Waals surface area contributed by atoms with Crippen LogP contribution in [0.25, 0.3) is 28.1 Å². The molecule has 4 rings (SSSR count). The average Bonchev–Trinajstić information content (AvgIpc) is 2.93. The highest BCUT2D eigenvalue weighted by atomic mass is 16.6. The van der Waals surface area contributed by atoms with Gasteiger partial charge < -0.3 is 0 Å². The van der Waals surface area contributed by atoms with Crippen LogP contribution in [-0.4, -0.2) is 19.3 Å². The third kappa shape index (κ3) is 1.81. The van der Waals surface area contributed by atoms with Crippen molar-refractivity contribution in [3.05, 3.63) is 70.9 Å². The van der Waals surface area contributed by atoms with E-state index in [1.165, 1.54) is 12.1 Å². The van der Waals surface area contributed by atoms with E-state index in [9.17, 15) is 10.1 Å². The minimum atomic E-state index is -0.404. The van der Waals surface area contributed by atoms with E-state index in [0.29, 0.717) is 5.78 Å². The zero-order valence-electron chi connectivity index (χ0n) is 11.4. The predicted octanol–water partition coefficient (Wildman–Crippen LogP) is 3.46. The molecule has 4 aromatic rings. The molecular weight excluding hydrogens is 280 g/mol. The Labute approximate surface area is 124 Å². The van der Waals surface area contributed by atoms with Crippen molar-refractivity contribution in [1.82, 2.24) is 14.4 Å². The maximum atomic E-state index is 10.8. The van der Waals surface area contributed by atoms with Crippen molar-refractivity contribution >= 4 is 22.5 Å². The molecule has 0 bridgehead atoms. The number of fused-ring (bicyclic) bond motifs is 3. The van der Waals surface area contributed by atoms with Crippen LogP contribution in [0, 0.1) is 10.1 Å². The molecule has 2 aromatic carbocycles. The highest BCUT2D eigenvalue weighted by Gasteiger charge is 2.11. The van der Waals surface area contributed by atoms with Crippen LogP contribution in [0.4, 0.5) is 5.69 Å². The van der Waals surface area contributed by atoms with Gasteiger partial charge in [-0.2, -0.15) is 0 Å². The van der Waals surface area contributed by atoms with Crippen LogP contribution >= 0.6 is 0 Å². The summed E-state index contributed by atoms with van der Waals surface area (Å²) in [5.74, 6) is 0.608. The van der Waals surface area contributed by atoms with Gasteiger partial charge in [-0.3, -0.25) is 14.5 Å². The summed E-state index contributed by atoms with van der Waals surface area (Å²) in [6, 6.07) is 16.1. The molecule has 6 nitrogen and oxygen atoms in total. The van der Waals surface area contributed by atoms with Crippen molar-refractivity contribution in [2.24, 2.45) is 0 Å². The second kappa shape index (κ2) is 4.63. The number of nitrogens with zero attached hydrogens (tertiary/aromatic N) is 4. The van der Waals surface area contributed by atoms with Crippen molar-refractivity contribution in [3.63, 3.8) is 0 Å². The summed E-state index contributed by atoms with van der Waals surface area (Å²) >= 11 is 0. The van der Waals surface area contributed by atoms with Crippen LogP contribution in [0.15, 0.2) is 60.8 Å². The van der Waals surface area contributed by atoms with Crippen LogP contribution in [0.2, 0.25) is 0 Å². The van der Waals surface area contributed by atoms with Gasteiger partial charge in [-0.05, 0) is 35.9 Å². The van der Waals surface area contributed by atoms with E-state index >= 15 is 0 Å². The van der Waals surface area contributed by atoms with Crippen molar-refractivity contribution in [2.75, 3.05) is 0 Å². The largest absolute Gasteiger partial charge is 0.276 e. The first-order valence-electron chi connectivity index (χ1n) is 6.71. The minimum Gasteiger partial charge on any atom is -0.276 e. The van der Waals surface area contributed by atoms with Crippen molar-refractivity contribution < 1.29 is 4.92 Å². The summed E-state index contributed by atoms with van der Waals surface area (Å²) in [7, 11) is 0. The molecule has 0 saturated carbocycles. The number of imidazole rings is 1. The molecule has 0 aliphatic carbocycles. The Balaban J connectivity index is 2.00. The van der Waals surface area contributed by atoms with Gasteiger partial charge in [0, 0.05) is 18.3 Å². The Kier molecular flexibility index (Phi) is 2.62. The van der Waals surface area contributed by atoms with E-state index in [0.717, 1.165) is 22.3 Å². The number of nitro benzene ring substituents is 1. The van der Waals surface area contributed by atoms with Crippen LogP contribution in [-0.2, 0) is 0 Å². The summed E-state index contributed by atoms with van der Waals surface area (Å²) in [4.78, 5) is 19.2. The molecule has 0 aliphatic rings. The Morgan fingerprint density at radius 2 is 1.77 bits per heavy atom. The zero-order chi connectivity index (χ0) is 15.1. The second-order valence-electron chi connectivity index (χ2n) is 4.87. The lowest BCUT2D eigenvalue weighted by atomic mass is 10.1. The molecule has 0 radical (unpaired) electrons. The molecule has 0 amide bonds. The number of non-ortho nitro benzene ring substituents is 1. The Hall–Kier alpha value is -3.28. The smallest absolute Gasteiger partial charge is 0.269 e. The zero-order valence-corrected chi connectivity index (χ0v) is 11.4. The Morgan fingerprint density at radius 3 is 2.55 bits per heavy atom. The summed E-state index contributed by atoms with van der Waals surface area (Å²) in [6.07, 6.45) is 1.69. The van der Waals surface area contributed by atoms with Crippen LogP contribution in [0.1, 0.15) is 0 Å². The number of para-hydroxylation sites is 2. The molecule has 0 N–H and O–H groups in total. The number of nitro groups is 1. The molecule has 0 atom stereocenters. The summed E-state index contributed by atoms with van der Waals surface area (Å²) in [5, 5.41) is 10.8. The molecule has 106 valence electrons. The molecule has 2 aromatic heterocycles. The van der Waals surface area contributed by atoms with Gasteiger partial charge in [0.05, 0.1) is 21.7 Å². The molecule has 0 fully saturated rings. The third-order valence-electron chi connectivity index (χ3n) is 3.58. The highest BCUT2D eigenvalue weighted by Crippen LogP contribution is 2.26. The van der Waals surface area contributed by atoms with Gasteiger partial charge >= 0.3 is 0 Å². The molecule has 22 heavy (non-hydrogen) atoms. The summed E-state index contributed by atoms with van der Waals surface area (Å²) in [6.45, 7) is 0. The molecular formula is C16H10N4O2. The van der Waals surface area contributed by atoms with Gasteiger partial charge in [0.25, 0.3) is 5.69 Å². The molecule has 6 heteroatoms. The lowest BCUT2D eigenvalue weighted by molar-refractivity contribution is -0.384. The van der Waals surface area contributed by atoms with Crippen LogP contribution < -0.4 is 0 Å². The number of aromatic nitrogens is 3. The quantitative estimate of drug-likeness (QED) is 0.418. The van der Waals surface area contributed by atoms with E-state index in [-0.39, 0.29) is 5.69 Å². The lowest BCUT2D eigenvalue weighted by Gasteiger charge is -2.06. The molecule has 0 saturated heterocycles. The minimum absolute atomic E-state index is 0.0736. The summed E-state index contributed by atoms with van der Waals surface area (Å²) < 4.78 is 1.95. The molecule has 0 unspecified atom stereocenters. The fraction of sp³-hybridized carbons (Fsp3) is 0. The fourth-order valence-electron chi connectivity index (χ4n) is 2.57. The highest BCUT2D eigenvalue weighted by molar-refractivity contribution is 5.82. The van der Waals surface area contributed by atoms with Crippen molar-refractivity contribution in [3.8, 4) is 11.3 Å². The van der Waals surface area contributed by atoms with Crippen molar-refractivity contribution in [1.29, 1.82) is 0 Å². The fourth-order valence-corrected chi connectivity index (χ4v) is 2.57. The maximum absolute atomic E-state index is 10.8. The monoisotopic (exact) mass is 290 g/mol. The Bertz CT molecular complexity index is 1010. The first kappa shape index (κ1) is 12.5. The van der Waals surface area contributed by atoms with Gasteiger partial charge in [-0.15, -0.1) is 0 Å². The first-order valence-corrected chi connectivity index (χ1v) is 6.71. The second-order valence-corrected chi connectivity index (χ2v) is 4.87. The normalized spacial score (nSPS) is 11.1. The number of hydrogen-bond acceptors (Lipinski definition) is 4. The van der Waals surface area contributed by atoms with Crippen LogP contribution in [0.3, 0.4) is 0 Å². The maximum Gasteiger partial charge on any atom is 0.269 e. The van der Waals surface area contributed by atoms with Crippen molar-refractivity contribution in [2.45, 2.75) is 0 Å². The summed E-state index contributed by atoms with van der Waals surface area (Å²) in [5.41, 5.74) is 3.67. The van der Waals surface area contributed by atoms with Gasteiger partial charge in [0.15, 0.2) is 0 Å². The van der Waals surface area contributed by atoms with E-state index in [1.54, 1.807) is 18.3 Å². The number of benzene rings is 2. The number of rotatable bonds is 2. The Morgan fingerprint density at radius 1 is 1.00 bits per heavy atom. The molecule has 0 spiro atoms. The number of hydrogen-bond donors (Lipinski definition) is 0. The topological polar surface area (TPSA) is 73.3 Å². The van der Waals surface area contributed by atoms with Gasteiger partial charge in [0.2, 0.25) is 5.78 Å². The standard InChI is InChI=1S/C16H10N4O2/c21-20(22)12-7-5-11(6-8-12)14-9-10-17-16-18-13-3-1-2-4-15(13)19(14)16/h1-10H. The average molecular weight is 290 g/mol.